The first-order valence-corrected chi connectivity index (χ1v) is 16.6. The summed E-state index contributed by atoms with van der Waals surface area (Å²) < 4.78 is 6.42. The third-order valence-electron chi connectivity index (χ3n) is 9.10. The summed E-state index contributed by atoms with van der Waals surface area (Å²) in [4.78, 5) is 12.7. The van der Waals surface area contributed by atoms with Crippen LogP contribution in [0.4, 0.5) is 0 Å². The molecule has 0 spiro atoms. The number of rotatable bonds is 4. The van der Waals surface area contributed by atoms with E-state index in [2.05, 4.69) is 103 Å². The summed E-state index contributed by atoms with van der Waals surface area (Å²) in [5.41, 5.74) is 8.99. The SMILES string of the molecule is O[PH](c1ccccc1)(c1ccccc1)c1cccc(-c2cccc3c2-c2cc4oc5ccccc5c4c4cccc-3c24)c1. The first-order valence-electron chi connectivity index (χ1n) is 14.7. The maximum absolute atomic E-state index is 12.7. The Morgan fingerprint density at radius 3 is 1.81 bits per heavy atom. The molecule has 0 saturated heterocycles. The molecule has 1 aliphatic carbocycles. The summed E-state index contributed by atoms with van der Waals surface area (Å²) in [5, 5.41) is 7.74. The molecule has 7 aromatic carbocycles. The van der Waals surface area contributed by atoms with E-state index in [-0.39, 0.29) is 0 Å². The van der Waals surface area contributed by atoms with Gasteiger partial charge in [-0.05, 0) is 0 Å². The molecule has 0 unspecified atom stereocenters. The van der Waals surface area contributed by atoms with Crippen LogP contribution in [0.3, 0.4) is 0 Å². The molecule has 0 atom stereocenters. The zero-order valence-electron chi connectivity index (χ0n) is 23.3. The molecular weight excluding hydrogens is 543 g/mol. The average molecular weight is 571 g/mol. The van der Waals surface area contributed by atoms with Crippen LogP contribution in [0.1, 0.15) is 0 Å². The Hall–Kier alpha value is -5.01. The summed E-state index contributed by atoms with van der Waals surface area (Å²) >= 11 is 0. The van der Waals surface area contributed by atoms with E-state index in [1.807, 2.05) is 48.5 Å². The van der Waals surface area contributed by atoms with E-state index in [1.165, 1.54) is 38.4 Å². The summed E-state index contributed by atoms with van der Waals surface area (Å²) in [6.07, 6.45) is 0. The first kappa shape index (κ1) is 24.6. The molecule has 0 saturated carbocycles. The van der Waals surface area contributed by atoms with Gasteiger partial charge in [-0.25, -0.2) is 0 Å². The van der Waals surface area contributed by atoms with E-state index in [0.717, 1.165) is 43.6 Å². The molecule has 2 nitrogen and oxygen atoms in total. The fourth-order valence-electron chi connectivity index (χ4n) is 7.20. The predicted octanol–water partition coefficient (Wildman–Crippen LogP) is 8.99. The molecule has 0 aliphatic heterocycles. The van der Waals surface area contributed by atoms with Crippen LogP contribution in [-0.2, 0) is 0 Å². The molecule has 1 aliphatic rings. The van der Waals surface area contributed by atoms with E-state index in [0.29, 0.717) is 0 Å². The van der Waals surface area contributed by atoms with Gasteiger partial charge in [-0.15, -0.1) is 0 Å². The van der Waals surface area contributed by atoms with Crippen LogP contribution in [0.2, 0.25) is 0 Å². The molecule has 0 amide bonds. The van der Waals surface area contributed by atoms with Crippen LogP contribution >= 0.6 is 7.49 Å². The van der Waals surface area contributed by atoms with Crippen LogP contribution in [0.5, 0.6) is 0 Å². The monoisotopic (exact) mass is 570 g/mol. The standard InChI is InChI=1S/C40H27O2P/c41-43(27-13-3-1-4-14-27,28-15-5-2-6-16-28)29-17-9-12-26(24-29)30-19-10-20-31-32-21-11-22-34-39(32)35(38(30)31)25-37-40(34)33-18-7-8-23-36(33)42-37/h1-25,41,43H. The quantitative estimate of drug-likeness (QED) is 0.214. The Morgan fingerprint density at radius 1 is 0.419 bits per heavy atom. The molecule has 3 heteroatoms. The second kappa shape index (κ2) is 9.24. The van der Waals surface area contributed by atoms with Gasteiger partial charge >= 0.3 is 250 Å². The minimum absolute atomic E-state index is 0.909. The molecule has 9 rings (SSSR count). The summed E-state index contributed by atoms with van der Waals surface area (Å²) in [7, 11) is -3.25. The minimum atomic E-state index is -3.25. The molecular formula is C40H27O2P. The number of furan rings is 1. The fraction of sp³-hybridized carbons (Fsp3) is 0. The van der Waals surface area contributed by atoms with Crippen molar-refractivity contribution in [2.45, 2.75) is 0 Å². The van der Waals surface area contributed by atoms with Crippen LogP contribution in [0.15, 0.2) is 156 Å². The van der Waals surface area contributed by atoms with Gasteiger partial charge in [0.05, 0.1) is 0 Å². The third-order valence-corrected chi connectivity index (χ3v) is 12.6. The van der Waals surface area contributed by atoms with E-state index < -0.39 is 7.49 Å². The van der Waals surface area contributed by atoms with E-state index in [1.54, 1.807) is 0 Å². The number of hydrogen-bond acceptors (Lipinski definition) is 2. The summed E-state index contributed by atoms with van der Waals surface area (Å²) in [6, 6.07) is 52.6. The van der Waals surface area contributed by atoms with Crippen molar-refractivity contribution in [3.63, 3.8) is 0 Å². The van der Waals surface area contributed by atoms with Crippen molar-refractivity contribution in [1.29, 1.82) is 0 Å². The van der Waals surface area contributed by atoms with Gasteiger partial charge in [0.2, 0.25) is 0 Å². The van der Waals surface area contributed by atoms with Crippen molar-refractivity contribution >= 4 is 56.1 Å². The van der Waals surface area contributed by atoms with Gasteiger partial charge in [0, 0.05) is 0 Å². The summed E-state index contributed by atoms with van der Waals surface area (Å²) in [6.45, 7) is 0. The number of benzene rings is 7. The molecule has 0 bridgehead atoms. The number of hydrogen-bond donors (Lipinski definition) is 1. The maximum atomic E-state index is 12.7. The Labute approximate surface area is 249 Å². The fourth-order valence-corrected chi connectivity index (χ4v) is 10.2. The molecule has 0 radical (unpaired) electrons. The van der Waals surface area contributed by atoms with E-state index in [4.69, 9.17) is 4.42 Å². The van der Waals surface area contributed by atoms with Crippen LogP contribution < -0.4 is 15.9 Å². The molecule has 43 heavy (non-hydrogen) atoms. The first-order chi connectivity index (χ1) is 21.2. The van der Waals surface area contributed by atoms with Crippen molar-refractivity contribution in [1.82, 2.24) is 0 Å². The van der Waals surface area contributed by atoms with Crippen LogP contribution in [-0.4, -0.2) is 4.89 Å². The zero-order valence-corrected chi connectivity index (χ0v) is 24.3. The van der Waals surface area contributed by atoms with Crippen LogP contribution in [0.25, 0.3) is 66.1 Å². The Bertz CT molecular complexity index is 2310. The number of para-hydroxylation sites is 1. The summed E-state index contributed by atoms with van der Waals surface area (Å²) in [5.74, 6) is 0. The van der Waals surface area contributed by atoms with Gasteiger partial charge in [-0.2, -0.15) is 0 Å². The van der Waals surface area contributed by atoms with Gasteiger partial charge in [0.1, 0.15) is 0 Å². The van der Waals surface area contributed by atoms with Gasteiger partial charge < -0.3 is 0 Å². The Balaban J connectivity index is 1.29. The Morgan fingerprint density at radius 2 is 1.02 bits per heavy atom. The topological polar surface area (TPSA) is 33.4 Å². The zero-order chi connectivity index (χ0) is 28.5. The van der Waals surface area contributed by atoms with Crippen molar-refractivity contribution in [2.75, 3.05) is 0 Å². The number of fused-ring (bicyclic) bond motifs is 7. The van der Waals surface area contributed by atoms with E-state index in [9.17, 15) is 4.89 Å². The van der Waals surface area contributed by atoms with Crippen LogP contribution in [0, 0.1) is 0 Å². The second-order valence-electron chi connectivity index (χ2n) is 11.4. The third kappa shape index (κ3) is 3.49. The normalized spacial score (nSPS) is 12.7. The molecule has 1 heterocycles. The second-order valence-corrected chi connectivity index (χ2v) is 14.5. The molecule has 8 aromatic rings. The average Bonchev–Trinajstić information content (AvgIpc) is 3.62. The van der Waals surface area contributed by atoms with Gasteiger partial charge in [0.25, 0.3) is 0 Å². The molecule has 204 valence electrons. The molecule has 1 aromatic heterocycles. The van der Waals surface area contributed by atoms with Crippen molar-refractivity contribution in [3.8, 4) is 33.4 Å². The van der Waals surface area contributed by atoms with Crippen molar-refractivity contribution < 1.29 is 9.31 Å². The van der Waals surface area contributed by atoms with Crippen molar-refractivity contribution in [2.24, 2.45) is 0 Å². The molecule has 1 N–H and O–H groups in total. The van der Waals surface area contributed by atoms with Gasteiger partial charge in [0.15, 0.2) is 0 Å². The van der Waals surface area contributed by atoms with E-state index >= 15 is 0 Å². The van der Waals surface area contributed by atoms with Crippen molar-refractivity contribution in [3.05, 3.63) is 152 Å². The van der Waals surface area contributed by atoms with Gasteiger partial charge in [-0.3, -0.25) is 0 Å². The Kier molecular flexibility index (Phi) is 5.28. The molecule has 0 fully saturated rings. The van der Waals surface area contributed by atoms with Gasteiger partial charge in [-0.1, -0.05) is 0 Å². The predicted molar refractivity (Wildman–Crippen MR) is 183 cm³/mol.